The van der Waals surface area contributed by atoms with Crippen molar-refractivity contribution in [2.45, 2.75) is 32.0 Å². The molecule has 1 aromatic heterocycles. The summed E-state index contributed by atoms with van der Waals surface area (Å²) in [5.41, 5.74) is 3.15. The lowest BCUT2D eigenvalue weighted by atomic mass is 10.1. The molecule has 3 rings (SSSR count). The zero-order valence-corrected chi connectivity index (χ0v) is 13.3. The number of benzene rings is 1. The van der Waals surface area contributed by atoms with Gasteiger partial charge in [-0.25, -0.2) is 14.4 Å². The molecule has 20 heavy (non-hydrogen) atoms. The summed E-state index contributed by atoms with van der Waals surface area (Å²) >= 11 is 2.11. The lowest BCUT2D eigenvalue weighted by Gasteiger charge is -2.17. The van der Waals surface area contributed by atoms with Crippen LogP contribution in [0.5, 0.6) is 0 Å². The summed E-state index contributed by atoms with van der Waals surface area (Å²) in [6.07, 6.45) is 2.46. The second kappa shape index (κ2) is 5.63. The molecule has 0 spiro atoms. The van der Waals surface area contributed by atoms with Crippen LogP contribution < -0.4 is 5.32 Å². The largest absolute Gasteiger partial charge is 0.362 e. The first kappa shape index (κ1) is 13.7. The molecule has 1 aliphatic rings. The predicted octanol–water partition coefficient (Wildman–Crippen LogP) is 4.21. The molecule has 2 aromatic rings. The summed E-state index contributed by atoms with van der Waals surface area (Å²) in [7, 11) is 0. The Kier molecular flexibility index (Phi) is 3.87. The molecule has 1 heterocycles. The molecule has 5 heteroatoms. The van der Waals surface area contributed by atoms with E-state index in [0.29, 0.717) is 5.69 Å². The standard InChI is InChI=1S/C15H15FIN3/c1-9(16)14-13(17)15(19-8-18-14)20-12-7-6-10-4-2-3-5-11(10)12/h2-5,8-9,12H,6-7H2,1H3,(H,18,19,20). The maximum absolute atomic E-state index is 13.5. The third-order valence-electron chi connectivity index (χ3n) is 3.64. The number of aromatic nitrogens is 2. The van der Waals surface area contributed by atoms with Crippen LogP contribution in [0.15, 0.2) is 30.6 Å². The van der Waals surface area contributed by atoms with Gasteiger partial charge < -0.3 is 5.32 Å². The third kappa shape index (κ3) is 2.51. The molecule has 2 unspecified atom stereocenters. The maximum atomic E-state index is 13.5. The van der Waals surface area contributed by atoms with Gasteiger partial charge in [-0.2, -0.15) is 0 Å². The van der Waals surface area contributed by atoms with E-state index in [1.165, 1.54) is 24.4 Å². The number of aryl methyl sites for hydroxylation is 1. The van der Waals surface area contributed by atoms with Crippen molar-refractivity contribution in [1.82, 2.24) is 9.97 Å². The van der Waals surface area contributed by atoms with Gasteiger partial charge in [0.05, 0.1) is 15.3 Å². The van der Waals surface area contributed by atoms with E-state index in [1.807, 2.05) is 0 Å². The van der Waals surface area contributed by atoms with Crippen molar-refractivity contribution >= 4 is 28.4 Å². The number of alkyl halides is 1. The van der Waals surface area contributed by atoms with Crippen molar-refractivity contribution < 1.29 is 4.39 Å². The molecule has 2 atom stereocenters. The Morgan fingerprint density at radius 1 is 1.35 bits per heavy atom. The Labute approximate surface area is 131 Å². The molecule has 0 radical (unpaired) electrons. The van der Waals surface area contributed by atoms with E-state index in [9.17, 15) is 4.39 Å². The predicted molar refractivity (Wildman–Crippen MR) is 85.4 cm³/mol. The molecular weight excluding hydrogens is 368 g/mol. The number of nitrogens with zero attached hydrogens (tertiary/aromatic N) is 2. The fourth-order valence-electron chi connectivity index (χ4n) is 2.63. The molecule has 0 saturated heterocycles. The zero-order chi connectivity index (χ0) is 14.1. The molecule has 0 amide bonds. The first-order chi connectivity index (χ1) is 9.66. The van der Waals surface area contributed by atoms with E-state index in [1.54, 1.807) is 0 Å². The smallest absolute Gasteiger partial charge is 0.143 e. The zero-order valence-electron chi connectivity index (χ0n) is 11.1. The van der Waals surface area contributed by atoms with Gasteiger partial charge in [0.1, 0.15) is 18.3 Å². The van der Waals surface area contributed by atoms with Gasteiger partial charge >= 0.3 is 0 Å². The van der Waals surface area contributed by atoms with Crippen LogP contribution >= 0.6 is 22.6 Å². The van der Waals surface area contributed by atoms with Crippen LogP contribution in [0.25, 0.3) is 0 Å². The highest BCUT2D eigenvalue weighted by molar-refractivity contribution is 14.1. The molecule has 0 aliphatic heterocycles. The highest BCUT2D eigenvalue weighted by atomic mass is 127. The fourth-order valence-corrected chi connectivity index (χ4v) is 3.50. The normalized spacial score (nSPS) is 18.6. The second-order valence-corrected chi connectivity index (χ2v) is 6.05. The number of nitrogens with one attached hydrogen (secondary N) is 1. The average molecular weight is 383 g/mol. The second-order valence-electron chi connectivity index (χ2n) is 4.97. The van der Waals surface area contributed by atoms with Gasteiger partial charge in [0.2, 0.25) is 0 Å². The minimum absolute atomic E-state index is 0.248. The summed E-state index contributed by atoms with van der Waals surface area (Å²) < 4.78 is 14.3. The summed E-state index contributed by atoms with van der Waals surface area (Å²) in [5, 5.41) is 3.44. The van der Waals surface area contributed by atoms with Gasteiger partial charge in [0.15, 0.2) is 0 Å². The summed E-state index contributed by atoms with van der Waals surface area (Å²) in [4.78, 5) is 8.29. The average Bonchev–Trinajstić information content (AvgIpc) is 2.84. The molecule has 1 N–H and O–H groups in total. The summed E-state index contributed by atoms with van der Waals surface area (Å²) in [6.45, 7) is 1.50. The van der Waals surface area contributed by atoms with Crippen molar-refractivity contribution in [2.24, 2.45) is 0 Å². The Morgan fingerprint density at radius 3 is 2.95 bits per heavy atom. The Balaban J connectivity index is 1.88. The van der Waals surface area contributed by atoms with E-state index < -0.39 is 6.17 Å². The SMILES string of the molecule is CC(F)c1ncnc(NC2CCc3ccccc32)c1I. The third-order valence-corrected chi connectivity index (χ3v) is 4.70. The molecule has 1 aliphatic carbocycles. The van der Waals surface area contributed by atoms with Crippen LogP contribution in [0, 0.1) is 3.57 Å². The van der Waals surface area contributed by atoms with Crippen LogP contribution in [0.2, 0.25) is 0 Å². The van der Waals surface area contributed by atoms with Crippen LogP contribution in [0.1, 0.15) is 42.4 Å². The van der Waals surface area contributed by atoms with Crippen LogP contribution in [-0.4, -0.2) is 9.97 Å². The van der Waals surface area contributed by atoms with Crippen molar-refractivity contribution in [3.05, 3.63) is 51.0 Å². The van der Waals surface area contributed by atoms with E-state index >= 15 is 0 Å². The minimum Gasteiger partial charge on any atom is -0.362 e. The van der Waals surface area contributed by atoms with E-state index in [2.05, 4.69) is 62.1 Å². The van der Waals surface area contributed by atoms with Crippen molar-refractivity contribution in [3.8, 4) is 0 Å². The Bertz CT molecular complexity index is 630. The number of hydrogen-bond acceptors (Lipinski definition) is 3. The summed E-state index contributed by atoms with van der Waals surface area (Å²) in [6, 6.07) is 8.68. The number of hydrogen-bond donors (Lipinski definition) is 1. The van der Waals surface area contributed by atoms with Gasteiger partial charge in [0, 0.05) is 0 Å². The number of anilines is 1. The first-order valence-corrected chi connectivity index (χ1v) is 7.73. The molecule has 1 aromatic carbocycles. The quantitative estimate of drug-likeness (QED) is 0.807. The fraction of sp³-hybridized carbons (Fsp3) is 0.333. The van der Waals surface area contributed by atoms with Gasteiger partial charge in [-0.3, -0.25) is 0 Å². The van der Waals surface area contributed by atoms with Crippen molar-refractivity contribution in [2.75, 3.05) is 5.32 Å². The van der Waals surface area contributed by atoms with Crippen LogP contribution in [0.3, 0.4) is 0 Å². The van der Waals surface area contributed by atoms with Gasteiger partial charge in [0.25, 0.3) is 0 Å². The maximum Gasteiger partial charge on any atom is 0.143 e. The highest BCUT2D eigenvalue weighted by Crippen LogP contribution is 2.35. The topological polar surface area (TPSA) is 37.8 Å². The number of rotatable bonds is 3. The van der Waals surface area contributed by atoms with Gasteiger partial charge in [-0.15, -0.1) is 0 Å². The van der Waals surface area contributed by atoms with E-state index in [0.717, 1.165) is 22.2 Å². The lowest BCUT2D eigenvalue weighted by molar-refractivity contribution is 0.363. The first-order valence-electron chi connectivity index (χ1n) is 6.65. The Hall–Kier alpha value is -1.24. The lowest BCUT2D eigenvalue weighted by Crippen LogP contribution is -2.11. The molecule has 0 bridgehead atoms. The highest BCUT2D eigenvalue weighted by Gasteiger charge is 2.23. The van der Waals surface area contributed by atoms with Gasteiger partial charge in [-0.1, -0.05) is 24.3 Å². The molecule has 3 nitrogen and oxygen atoms in total. The van der Waals surface area contributed by atoms with Gasteiger partial charge in [-0.05, 0) is 53.5 Å². The minimum atomic E-state index is -1.08. The van der Waals surface area contributed by atoms with Crippen LogP contribution in [0.4, 0.5) is 10.2 Å². The number of halogens is 2. The van der Waals surface area contributed by atoms with Crippen molar-refractivity contribution in [3.63, 3.8) is 0 Å². The molecule has 104 valence electrons. The summed E-state index contributed by atoms with van der Waals surface area (Å²) in [5.74, 6) is 0.724. The van der Waals surface area contributed by atoms with E-state index in [4.69, 9.17) is 0 Å². The molecule has 0 saturated carbocycles. The monoisotopic (exact) mass is 383 g/mol. The number of fused-ring (bicyclic) bond motifs is 1. The molecular formula is C15H15FIN3. The van der Waals surface area contributed by atoms with Crippen LogP contribution in [-0.2, 0) is 6.42 Å². The molecule has 0 fully saturated rings. The Morgan fingerprint density at radius 2 is 2.15 bits per heavy atom. The van der Waals surface area contributed by atoms with Crippen molar-refractivity contribution in [1.29, 1.82) is 0 Å². The van der Waals surface area contributed by atoms with E-state index in [-0.39, 0.29) is 6.04 Å².